The van der Waals surface area contributed by atoms with E-state index in [4.69, 9.17) is 31.9 Å². The van der Waals surface area contributed by atoms with Gasteiger partial charge in [0.15, 0.2) is 11.5 Å². The van der Waals surface area contributed by atoms with Crippen LogP contribution in [0.4, 0.5) is 0 Å². The topological polar surface area (TPSA) is 64.7 Å². The Bertz CT molecular complexity index is 370. The van der Waals surface area contributed by atoms with Gasteiger partial charge in [0.25, 0.3) is 0 Å². The molecule has 0 saturated heterocycles. The number of ether oxygens (including phenoxy) is 2. The summed E-state index contributed by atoms with van der Waals surface area (Å²) in [5.74, 6) is 1.29. The molecule has 4 nitrogen and oxygen atoms in total. The van der Waals surface area contributed by atoms with E-state index in [1.807, 2.05) is 0 Å². The lowest BCUT2D eigenvalue weighted by atomic mass is 10.0. The van der Waals surface area contributed by atoms with E-state index in [1.165, 1.54) is 0 Å². The molecule has 1 aromatic rings. The molecule has 1 heterocycles. The molecule has 1 aromatic carbocycles. The number of aliphatic hydroxyl groups excluding tert-OH is 1. The van der Waals surface area contributed by atoms with Gasteiger partial charge in [0.2, 0.25) is 6.79 Å². The summed E-state index contributed by atoms with van der Waals surface area (Å²) in [6, 6.07) is 3.18. The van der Waals surface area contributed by atoms with Crippen LogP contribution in [0.1, 0.15) is 18.0 Å². The van der Waals surface area contributed by atoms with E-state index < -0.39 is 0 Å². The van der Waals surface area contributed by atoms with Crippen molar-refractivity contribution in [2.75, 3.05) is 13.4 Å². The van der Waals surface area contributed by atoms with E-state index in [0.29, 0.717) is 22.9 Å². The minimum absolute atomic E-state index is 0.0337. The molecule has 1 aliphatic rings. The number of nitrogens with two attached hydrogens (primary N) is 1. The fraction of sp³-hybridized carbons (Fsp3) is 0.400. The van der Waals surface area contributed by atoms with Gasteiger partial charge in [-0.15, -0.1) is 0 Å². The summed E-state index contributed by atoms with van der Waals surface area (Å²) in [4.78, 5) is 0. The molecular weight excluding hydrogens is 218 g/mol. The van der Waals surface area contributed by atoms with Crippen LogP contribution in [-0.2, 0) is 0 Å². The van der Waals surface area contributed by atoms with Crippen molar-refractivity contribution in [1.29, 1.82) is 0 Å². The van der Waals surface area contributed by atoms with Gasteiger partial charge in [-0.25, -0.2) is 0 Å². The van der Waals surface area contributed by atoms with Crippen molar-refractivity contribution in [3.05, 3.63) is 22.7 Å². The standard InChI is InChI=1S/C10H12ClNO3/c11-7-4-10-9(14-5-15-10)3-6(7)8(12)1-2-13/h3-4,8,13H,1-2,5,12H2. The smallest absolute Gasteiger partial charge is 0.231 e. The molecule has 1 aliphatic heterocycles. The molecule has 0 spiro atoms. The average molecular weight is 230 g/mol. The van der Waals surface area contributed by atoms with E-state index in [0.717, 1.165) is 5.56 Å². The van der Waals surface area contributed by atoms with Crippen LogP contribution >= 0.6 is 11.6 Å². The first-order chi connectivity index (χ1) is 7.22. The number of aliphatic hydroxyl groups is 1. The maximum absolute atomic E-state index is 8.80. The third-order valence-corrected chi connectivity index (χ3v) is 2.66. The van der Waals surface area contributed by atoms with Gasteiger partial charge >= 0.3 is 0 Å². The highest BCUT2D eigenvalue weighted by molar-refractivity contribution is 6.31. The minimum atomic E-state index is -0.281. The Morgan fingerprint density at radius 1 is 1.40 bits per heavy atom. The zero-order valence-electron chi connectivity index (χ0n) is 8.07. The van der Waals surface area contributed by atoms with Crippen molar-refractivity contribution in [1.82, 2.24) is 0 Å². The Balaban J connectivity index is 2.31. The maximum Gasteiger partial charge on any atom is 0.231 e. The Labute approximate surface area is 92.5 Å². The second-order valence-corrected chi connectivity index (χ2v) is 3.75. The number of fused-ring (bicyclic) bond motifs is 1. The van der Waals surface area contributed by atoms with Gasteiger partial charge in [-0.2, -0.15) is 0 Å². The molecule has 3 N–H and O–H groups in total. The monoisotopic (exact) mass is 229 g/mol. The Kier molecular flexibility index (Phi) is 3.00. The maximum atomic E-state index is 8.80. The van der Waals surface area contributed by atoms with Crippen molar-refractivity contribution in [2.24, 2.45) is 5.73 Å². The van der Waals surface area contributed by atoms with Gasteiger partial charge in [-0.3, -0.25) is 0 Å². The lowest BCUT2D eigenvalue weighted by Crippen LogP contribution is -2.12. The predicted molar refractivity (Wildman–Crippen MR) is 56.2 cm³/mol. The van der Waals surface area contributed by atoms with Crippen molar-refractivity contribution in [2.45, 2.75) is 12.5 Å². The van der Waals surface area contributed by atoms with E-state index in [-0.39, 0.29) is 19.4 Å². The molecule has 0 saturated carbocycles. The Morgan fingerprint density at radius 2 is 2.07 bits per heavy atom. The molecule has 15 heavy (non-hydrogen) atoms. The van der Waals surface area contributed by atoms with Crippen molar-refractivity contribution >= 4 is 11.6 Å². The Hall–Kier alpha value is -0.970. The molecule has 0 aliphatic carbocycles. The van der Waals surface area contributed by atoms with Gasteiger partial charge in [0.1, 0.15) is 0 Å². The largest absolute Gasteiger partial charge is 0.454 e. The third-order valence-electron chi connectivity index (χ3n) is 2.33. The number of benzene rings is 1. The third kappa shape index (κ3) is 2.02. The summed E-state index contributed by atoms with van der Waals surface area (Å²) in [5.41, 5.74) is 6.63. The number of halogens is 1. The fourth-order valence-corrected chi connectivity index (χ4v) is 1.81. The van der Waals surface area contributed by atoms with Crippen molar-refractivity contribution < 1.29 is 14.6 Å². The first-order valence-corrected chi connectivity index (χ1v) is 5.05. The summed E-state index contributed by atoms with van der Waals surface area (Å²) in [7, 11) is 0. The lowest BCUT2D eigenvalue weighted by Gasteiger charge is -2.12. The molecule has 5 heteroatoms. The summed E-state index contributed by atoms with van der Waals surface area (Å²) >= 11 is 6.04. The first-order valence-electron chi connectivity index (χ1n) is 4.68. The second kappa shape index (κ2) is 4.26. The van der Waals surface area contributed by atoms with Crippen LogP contribution in [0.2, 0.25) is 5.02 Å². The molecule has 1 unspecified atom stereocenters. The second-order valence-electron chi connectivity index (χ2n) is 3.35. The molecule has 82 valence electrons. The number of hydrogen-bond donors (Lipinski definition) is 2. The highest BCUT2D eigenvalue weighted by Crippen LogP contribution is 2.38. The van der Waals surface area contributed by atoms with Crippen molar-refractivity contribution in [3.63, 3.8) is 0 Å². The van der Waals surface area contributed by atoms with Crippen LogP contribution in [0.15, 0.2) is 12.1 Å². The lowest BCUT2D eigenvalue weighted by molar-refractivity contribution is 0.174. The van der Waals surface area contributed by atoms with Crippen molar-refractivity contribution in [3.8, 4) is 11.5 Å². The molecular formula is C10H12ClNO3. The minimum Gasteiger partial charge on any atom is -0.454 e. The molecule has 2 rings (SSSR count). The SMILES string of the molecule is NC(CCO)c1cc2c(cc1Cl)OCO2. The number of rotatable bonds is 3. The molecule has 0 amide bonds. The predicted octanol–water partition coefficient (Wildman–Crippen LogP) is 1.45. The van der Waals surface area contributed by atoms with Crippen LogP contribution in [0, 0.1) is 0 Å². The molecule has 0 fully saturated rings. The van der Waals surface area contributed by atoms with E-state index in [1.54, 1.807) is 12.1 Å². The summed E-state index contributed by atoms with van der Waals surface area (Å²) in [5, 5.41) is 9.35. The summed E-state index contributed by atoms with van der Waals surface area (Å²) in [6.45, 7) is 0.246. The molecule has 1 atom stereocenters. The highest BCUT2D eigenvalue weighted by atomic mass is 35.5. The zero-order valence-corrected chi connectivity index (χ0v) is 8.83. The summed E-state index contributed by atoms with van der Waals surface area (Å²) in [6.07, 6.45) is 0.472. The normalized spacial score (nSPS) is 15.4. The van der Waals surface area contributed by atoms with Crippen LogP contribution in [-0.4, -0.2) is 18.5 Å². The quantitative estimate of drug-likeness (QED) is 0.824. The van der Waals surface area contributed by atoms with Gasteiger partial charge < -0.3 is 20.3 Å². The fourth-order valence-electron chi connectivity index (χ4n) is 1.51. The summed E-state index contributed by atoms with van der Waals surface area (Å²) < 4.78 is 10.4. The van der Waals surface area contributed by atoms with Gasteiger partial charge in [-0.1, -0.05) is 11.6 Å². The number of hydrogen-bond acceptors (Lipinski definition) is 4. The van der Waals surface area contributed by atoms with Gasteiger partial charge in [-0.05, 0) is 18.1 Å². The van der Waals surface area contributed by atoms with Crippen LogP contribution in [0.5, 0.6) is 11.5 Å². The van der Waals surface area contributed by atoms with Gasteiger partial charge in [0, 0.05) is 23.7 Å². The average Bonchev–Trinajstić information content (AvgIpc) is 2.63. The molecule has 0 bridgehead atoms. The van der Waals surface area contributed by atoms with E-state index in [9.17, 15) is 0 Å². The molecule has 0 aromatic heterocycles. The van der Waals surface area contributed by atoms with Crippen LogP contribution < -0.4 is 15.2 Å². The van der Waals surface area contributed by atoms with E-state index in [2.05, 4.69) is 0 Å². The van der Waals surface area contributed by atoms with Crippen LogP contribution in [0.25, 0.3) is 0 Å². The van der Waals surface area contributed by atoms with E-state index >= 15 is 0 Å². The van der Waals surface area contributed by atoms with Gasteiger partial charge in [0.05, 0.1) is 0 Å². The highest BCUT2D eigenvalue weighted by Gasteiger charge is 2.19. The zero-order chi connectivity index (χ0) is 10.8. The molecule has 0 radical (unpaired) electrons. The Morgan fingerprint density at radius 3 is 2.73 bits per heavy atom. The van der Waals surface area contributed by atoms with Crippen LogP contribution in [0.3, 0.4) is 0 Å². The first kappa shape index (κ1) is 10.5.